The van der Waals surface area contributed by atoms with E-state index in [9.17, 15) is 4.79 Å². The summed E-state index contributed by atoms with van der Waals surface area (Å²) in [6.07, 6.45) is 0. The third-order valence-corrected chi connectivity index (χ3v) is 5.35. The van der Waals surface area contributed by atoms with Gasteiger partial charge in [-0.25, -0.2) is 4.98 Å². The predicted molar refractivity (Wildman–Crippen MR) is 111 cm³/mol. The first-order valence-corrected chi connectivity index (χ1v) is 10.0. The Morgan fingerprint density at radius 2 is 1.66 bits per heavy atom. The molecule has 2 fully saturated rings. The van der Waals surface area contributed by atoms with Crippen molar-refractivity contribution >= 4 is 17.7 Å². The number of carbonyl (C=O) groups excluding carboxylic acids is 1. The maximum Gasteiger partial charge on any atom is 0.253 e. The molecule has 3 heterocycles. The molecule has 2 aliphatic heterocycles. The number of piperazine rings is 1. The number of amides is 1. The van der Waals surface area contributed by atoms with Gasteiger partial charge in [-0.15, -0.1) is 0 Å². The monoisotopic (exact) mass is 397 g/mol. The van der Waals surface area contributed by atoms with Gasteiger partial charge in [0.15, 0.2) is 0 Å². The van der Waals surface area contributed by atoms with Gasteiger partial charge in [0.2, 0.25) is 5.95 Å². The van der Waals surface area contributed by atoms with Gasteiger partial charge in [0, 0.05) is 56.6 Å². The van der Waals surface area contributed by atoms with Crippen LogP contribution >= 0.6 is 0 Å². The van der Waals surface area contributed by atoms with Gasteiger partial charge in [-0.05, 0) is 31.2 Å². The Bertz CT molecular complexity index is 844. The first kappa shape index (κ1) is 19.4. The molecule has 0 atom stereocenters. The molecule has 0 spiro atoms. The van der Waals surface area contributed by atoms with Crippen LogP contribution in [0.1, 0.15) is 16.1 Å². The van der Waals surface area contributed by atoms with E-state index in [1.54, 1.807) is 7.11 Å². The normalized spacial score (nSPS) is 17.4. The Kier molecular flexibility index (Phi) is 5.80. The summed E-state index contributed by atoms with van der Waals surface area (Å²) in [7, 11) is 1.62. The average molecular weight is 397 g/mol. The second-order valence-corrected chi connectivity index (χ2v) is 7.27. The zero-order chi connectivity index (χ0) is 20.2. The highest BCUT2D eigenvalue weighted by Crippen LogP contribution is 2.21. The van der Waals surface area contributed by atoms with Gasteiger partial charge in [-0.3, -0.25) is 4.79 Å². The van der Waals surface area contributed by atoms with Crippen LogP contribution in [0.25, 0.3) is 0 Å². The third-order valence-electron chi connectivity index (χ3n) is 5.35. The lowest BCUT2D eigenvalue weighted by molar-refractivity contribution is 0.0746. The second kappa shape index (κ2) is 8.65. The highest BCUT2D eigenvalue weighted by molar-refractivity contribution is 5.94. The summed E-state index contributed by atoms with van der Waals surface area (Å²) >= 11 is 0. The topological polar surface area (TPSA) is 71.0 Å². The molecule has 0 radical (unpaired) electrons. The molecule has 29 heavy (non-hydrogen) atoms. The van der Waals surface area contributed by atoms with E-state index in [0.29, 0.717) is 31.9 Å². The molecule has 2 saturated heterocycles. The molecular weight excluding hydrogens is 370 g/mol. The Labute approximate surface area is 171 Å². The van der Waals surface area contributed by atoms with Gasteiger partial charge in [0.05, 0.1) is 20.3 Å². The zero-order valence-electron chi connectivity index (χ0n) is 17.0. The number of benzene rings is 1. The molecule has 8 nitrogen and oxygen atoms in total. The molecule has 1 amide bonds. The Morgan fingerprint density at radius 3 is 2.31 bits per heavy atom. The van der Waals surface area contributed by atoms with E-state index in [-0.39, 0.29) is 5.91 Å². The summed E-state index contributed by atoms with van der Waals surface area (Å²) < 4.78 is 10.6. The number of morpholine rings is 1. The lowest BCUT2D eigenvalue weighted by Gasteiger charge is -2.36. The van der Waals surface area contributed by atoms with Crippen molar-refractivity contribution in [3.63, 3.8) is 0 Å². The zero-order valence-corrected chi connectivity index (χ0v) is 17.0. The van der Waals surface area contributed by atoms with Crippen molar-refractivity contribution in [3.8, 4) is 5.75 Å². The molecule has 0 saturated carbocycles. The number of carbonyl (C=O) groups is 1. The molecule has 1 aromatic heterocycles. The van der Waals surface area contributed by atoms with E-state index in [1.165, 1.54) is 0 Å². The molecule has 2 aromatic rings. The van der Waals surface area contributed by atoms with Crippen LogP contribution in [0.3, 0.4) is 0 Å². The Hall–Kier alpha value is -2.87. The summed E-state index contributed by atoms with van der Waals surface area (Å²) in [5.41, 5.74) is 1.64. The molecule has 0 aliphatic carbocycles. The van der Waals surface area contributed by atoms with Gasteiger partial charge in [-0.2, -0.15) is 4.98 Å². The number of aryl methyl sites for hydroxylation is 1. The van der Waals surface area contributed by atoms with Crippen LogP contribution in [0.2, 0.25) is 0 Å². The van der Waals surface area contributed by atoms with Gasteiger partial charge in [0.25, 0.3) is 5.91 Å². The second-order valence-electron chi connectivity index (χ2n) is 7.27. The Balaban J connectivity index is 1.41. The fourth-order valence-electron chi connectivity index (χ4n) is 3.66. The number of hydrogen-bond donors (Lipinski definition) is 0. The van der Waals surface area contributed by atoms with Crippen molar-refractivity contribution in [1.82, 2.24) is 14.9 Å². The van der Waals surface area contributed by atoms with Crippen molar-refractivity contribution in [2.24, 2.45) is 0 Å². The smallest absolute Gasteiger partial charge is 0.253 e. The molecular formula is C21H27N5O3. The molecule has 0 bridgehead atoms. The van der Waals surface area contributed by atoms with Crippen LogP contribution < -0.4 is 14.5 Å². The minimum Gasteiger partial charge on any atom is -0.497 e. The largest absolute Gasteiger partial charge is 0.497 e. The van der Waals surface area contributed by atoms with E-state index in [1.807, 2.05) is 42.2 Å². The summed E-state index contributed by atoms with van der Waals surface area (Å²) in [6.45, 7) is 7.87. The quantitative estimate of drug-likeness (QED) is 0.776. The van der Waals surface area contributed by atoms with Crippen molar-refractivity contribution in [2.45, 2.75) is 6.92 Å². The molecule has 1 aromatic carbocycles. The summed E-state index contributed by atoms with van der Waals surface area (Å²) in [5.74, 6) is 2.50. The van der Waals surface area contributed by atoms with Gasteiger partial charge >= 0.3 is 0 Å². The van der Waals surface area contributed by atoms with Crippen molar-refractivity contribution < 1.29 is 14.3 Å². The minimum atomic E-state index is 0.0557. The van der Waals surface area contributed by atoms with Crippen molar-refractivity contribution in [2.75, 3.05) is 69.4 Å². The third kappa shape index (κ3) is 4.42. The number of aromatic nitrogens is 2. The highest BCUT2D eigenvalue weighted by Gasteiger charge is 2.24. The van der Waals surface area contributed by atoms with Crippen LogP contribution in [0, 0.1) is 6.92 Å². The average Bonchev–Trinajstić information content (AvgIpc) is 2.79. The van der Waals surface area contributed by atoms with E-state index < -0.39 is 0 Å². The Morgan fingerprint density at radius 1 is 0.966 bits per heavy atom. The number of anilines is 2. The summed E-state index contributed by atoms with van der Waals surface area (Å²) in [5, 5.41) is 0. The number of ether oxygens (including phenoxy) is 2. The molecule has 8 heteroatoms. The number of nitrogens with zero attached hydrogens (tertiary/aromatic N) is 5. The molecule has 4 rings (SSSR count). The van der Waals surface area contributed by atoms with E-state index in [2.05, 4.69) is 14.8 Å². The maximum absolute atomic E-state index is 12.8. The predicted octanol–water partition coefficient (Wildman–Crippen LogP) is 1.59. The molecule has 154 valence electrons. The van der Waals surface area contributed by atoms with E-state index in [4.69, 9.17) is 14.5 Å². The first-order chi connectivity index (χ1) is 14.1. The van der Waals surface area contributed by atoms with Crippen LogP contribution in [-0.2, 0) is 4.74 Å². The van der Waals surface area contributed by atoms with Crippen LogP contribution in [0.4, 0.5) is 11.8 Å². The summed E-state index contributed by atoms with van der Waals surface area (Å²) in [6, 6.07) is 9.29. The first-order valence-electron chi connectivity index (χ1n) is 10.0. The van der Waals surface area contributed by atoms with Crippen LogP contribution in [-0.4, -0.2) is 80.4 Å². The van der Waals surface area contributed by atoms with E-state index >= 15 is 0 Å². The lowest BCUT2D eigenvalue weighted by Crippen LogP contribution is -2.49. The SMILES string of the molecule is COc1ccc(C(=O)N2CCN(c3cc(C)nc(N4CCOCC4)n3)CC2)cc1. The fraction of sp³-hybridized carbons (Fsp3) is 0.476. The highest BCUT2D eigenvalue weighted by atomic mass is 16.5. The van der Waals surface area contributed by atoms with E-state index in [0.717, 1.165) is 49.4 Å². The number of hydrogen-bond acceptors (Lipinski definition) is 7. The van der Waals surface area contributed by atoms with Gasteiger partial charge < -0.3 is 24.2 Å². The maximum atomic E-state index is 12.8. The molecule has 2 aliphatic rings. The van der Waals surface area contributed by atoms with Crippen molar-refractivity contribution in [3.05, 3.63) is 41.6 Å². The van der Waals surface area contributed by atoms with Crippen molar-refractivity contribution in [1.29, 1.82) is 0 Å². The van der Waals surface area contributed by atoms with Gasteiger partial charge in [-0.1, -0.05) is 0 Å². The summed E-state index contributed by atoms with van der Waals surface area (Å²) in [4.78, 5) is 28.5. The molecule has 0 N–H and O–H groups in total. The number of rotatable bonds is 4. The van der Waals surface area contributed by atoms with Crippen LogP contribution in [0.5, 0.6) is 5.75 Å². The van der Waals surface area contributed by atoms with Crippen LogP contribution in [0.15, 0.2) is 30.3 Å². The molecule has 0 unspecified atom stereocenters. The fourth-order valence-corrected chi connectivity index (χ4v) is 3.66. The lowest BCUT2D eigenvalue weighted by atomic mass is 10.1. The standard InChI is InChI=1S/C21H27N5O3/c1-16-15-19(23-21(22-16)26-11-13-29-14-12-26)24-7-9-25(10-8-24)20(27)17-3-5-18(28-2)6-4-17/h3-6,15H,7-14H2,1-2H3. The minimum absolute atomic E-state index is 0.0557. The number of methoxy groups -OCH3 is 1. The van der Waals surface area contributed by atoms with Gasteiger partial charge in [0.1, 0.15) is 11.6 Å².